The number of likely N-dealkylation sites (N-methyl/N-ethyl adjacent to an activating group) is 1. The standard InChI is InChI=1S/C14H15BrN2O3/c1-14(9-3-5-10(15)6-4-9)7-12(19)17(13(14)20)8-11(18)16-2/h3-6H,7-8H2,1-2H3,(H,16,18)/t14-/m0/s1. The highest BCUT2D eigenvalue weighted by molar-refractivity contribution is 9.10. The van der Waals surface area contributed by atoms with Crippen molar-refractivity contribution in [3.05, 3.63) is 34.3 Å². The van der Waals surface area contributed by atoms with E-state index in [2.05, 4.69) is 21.2 Å². The first-order valence-electron chi connectivity index (χ1n) is 6.20. The number of rotatable bonds is 3. The maximum Gasteiger partial charge on any atom is 0.240 e. The van der Waals surface area contributed by atoms with E-state index < -0.39 is 5.41 Å². The summed E-state index contributed by atoms with van der Waals surface area (Å²) in [5.41, 5.74) is -0.121. The fraction of sp³-hybridized carbons (Fsp3) is 0.357. The summed E-state index contributed by atoms with van der Waals surface area (Å²) in [5, 5.41) is 2.42. The van der Waals surface area contributed by atoms with E-state index in [9.17, 15) is 14.4 Å². The second kappa shape index (κ2) is 5.36. The number of imide groups is 1. The SMILES string of the molecule is CNC(=O)CN1C(=O)C[C@@](C)(c2ccc(Br)cc2)C1=O. The number of amides is 3. The zero-order valence-corrected chi connectivity index (χ0v) is 12.9. The highest BCUT2D eigenvalue weighted by Gasteiger charge is 2.49. The third-order valence-corrected chi connectivity index (χ3v) is 4.11. The average molecular weight is 339 g/mol. The van der Waals surface area contributed by atoms with Gasteiger partial charge in [0.25, 0.3) is 0 Å². The summed E-state index contributed by atoms with van der Waals surface area (Å²) >= 11 is 3.34. The first-order chi connectivity index (χ1) is 9.38. The highest BCUT2D eigenvalue weighted by atomic mass is 79.9. The van der Waals surface area contributed by atoms with Crippen LogP contribution < -0.4 is 5.32 Å². The Labute approximate surface area is 125 Å². The molecule has 1 aromatic carbocycles. The van der Waals surface area contributed by atoms with E-state index in [4.69, 9.17) is 0 Å². The molecule has 106 valence electrons. The zero-order valence-electron chi connectivity index (χ0n) is 11.3. The van der Waals surface area contributed by atoms with Gasteiger partial charge in [-0.05, 0) is 24.6 Å². The maximum absolute atomic E-state index is 12.5. The maximum atomic E-state index is 12.5. The number of likely N-dealkylation sites (tertiary alicyclic amines) is 1. The third kappa shape index (κ3) is 2.47. The third-order valence-electron chi connectivity index (χ3n) is 3.58. The summed E-state index contributed by atoms with van der Waals surface area (Å²) in [6.07, 6.45) is 0.0878. The first kappa shape index (κ1) is 14.7. The van der Waals surface area contributed by atoms with E-state index in [-0.39, 0.29) is 30.7 Å². The number of carbonyl (C=O) groups excluding carboxylic acids is 3. The van der Waals surface area contributed by atoms with Gasteiger partial charge in [0.15, 0.2) is 0 Å². The highest BCUT2D eigenvalue weighted by Crippen LogP contribution is 2.36. The number of benzene rings is 1. The monoisotopic (exact) mass is 338 g/mol. The number of halogens is 1. The van der Waals surface area contributed by atoms with E-state index in [0.717, 1.165) is 14.9 Å². The lowest BCUT2D eigenvalue weighted by Crippen LogP contribution is -2.42. The van der Waals surface area contributed by atoms with Gasteiger partial charge in [-0.15, -0.1) is 0 Å². The number of hydrogen-bond donors (Lipinski definition) is 1. The molecule has 0 radical (unpaired) electrons. The molecule has 1 atom stereocenters. The van der Waals surface area contributed by atoms with Crippen molar-refractivity contribution in [3.8, 4) is 0 Å². The fourth-order valence-electron chi connectivity index (χ4n) is 2.31. The molecule has 1 saturated heterocycles. The normalized spacial score (nSPS) is 22.2. The Bertz CT molecular complexity index is 570. The van der Waals surface area contributed by atoms with Crippen LogP contribution in [0.2, 0.25) is 0 Å². The Hall–Kier alpha value is -1.69. The van der Waals surface area contributed by atoms with Crippen LogP contribution in [0, 0.1) is 0 Å². The van der Waals surface area contributed by atoms with Gasteiger partial charge in [0.05, 0.1) is 5.41 Å². The van der Waals surface area contributed by atoms with Crippen molar-refractivity contribution in [1.82, 2.24) is 10.2 Å². The lowest BCUT2D eigenvalue weighted by atomic mass is 9.81. The smallest absolute Gasteiger partial charge is 0.240 e. The fourth-order valence-corrected chi connectivity index (χ4v) is 2.57. The average Bonchev–Trinajstić information content (AvgIpc) is 2.64. The molecule has 1 aliphatic heterocycles. The largest absolute Gasteiger partial charge is 0.358 e. The molecule has 0 saturated carbocycles. The Balaban J connectivity index is 2.30. The van der Waals surface area contributed by atoms with E-state index in [1.807, 2.05) is 24.3 Å². The molecule has 0 spiro atoms. The summed E-state index contributed by atoms with van der Waals surface area (Å²) in [6, 6.07) is 7.30. The Morgan fingerprint density at radius 2 is 1.95 bits per heavy atom. The van der Waals surface area contributed by atoms with Crippen molar-refractivity contribution in [3.63, 3.8) is 0 Å². The Morgan fingerprint density at radius 1 is 1.35 bits per heavy atom. The minimum absolute atomic E-state index is 0.0878. The molecule has 0 bridgehead atoms. The van der Waals surface area contributed by atoms with Crippen molar-refractivity contribution in [2.24, 2.45) is 0 Å². The van der Waals surface area contributed by atoms with Crippen molar-refractivity contribution >= 4 is 33.7 Å². The molecule has 0 aromatic heterocycles. The quantitative estimate of drug-likeness (QED) is 0.842. The molecule has 20 heavy (non-hydrogen) atoms. The van der Waals surface area contributed by atoms with Gasteiger partial charge in [-0.1, -0.05) is 28.1 Å². The second-order valence-corrected chi connectivity index (χ2v) is 5.89. The summed E-state index contributed by atoms with van der Waals surface area (Å²) in [4.78, 5) is 36.9. The molecule has 1 heterocycles. The summed E-state index contributed by atoms with van der Waals surface area (Å²) in [7, 11) is 1.47. The van der Waals surface area contributed by atoms with Crippen molar-refractivity contribution in [1.29, 1.82) is 0 Å². The van der Waals surface area contributed by atoms with Crippen LogP contribution in [0.3, 0.4) is 0 Å². The van der Waals surface area contributed by atoms with E-state index in [1.165, 1.54) is 7.05 Å². The number of nitrogens with zero attached hydrogens (tertiary/aromatic N) is 1. The van der Waals surface area contributed by atoms with Crippen LogP contribution in [-0.2, 0) is 19.8 Å². The van der Waals surface area contributed by atoms with Crippen molar-refractivity contribution in [2.45, 2.75) is 18.8 Å². The molecular formula is C14H15BrN2O3. The molecule has 1 N–H and O–H groups in total. The molecule has 1 aromatic rings. The minimum atomic E-state index is -0.897. The van der Waals surface area contributed by atoms with E-state index in [1.54, 1.807) is 6.92 Å². The number of carbonyl (C=O) groups is 3. The van der Waals surface area contributed by atoms with Crippen LogP contribution in [0.15, 0.2) is 28.7 Å². The first-order valence-corrected chi connectivity index (χ1v) is 6.99. The van der Waals surface area contributed by atoms with E-state index >= 15 is 0 Å². The van der Waals surface area contributed by atoms with E-state index in [0.29, 0.717) is 0 Å². The van der Waals surface area contributed by atoms with Crippen LogP contribution in [-0.4, -0.2) is 36.2 Å². The summed E-state index contributed by atoms with van der Waals surface area (Å²) < 4.78 is 0.906. The topological polar surface area (TPSA) is 66.5 Å². The number of hydrogen-bond acceptors (Lipinski definition) is 3. The summed E-state index contributed by atoms with van der Waals surface area (Å²) in [5.74, 6) is -0.996. The molecule has 5 nitrogen and oxygen atoms in total. The molecule has 2 rings (SSSR count). The van der Waals surface area contributed by atoms with Gasteiger partial charge in [0.1, 0.15) is 6.54 Å². The molecule has 3 amide bonds. The van der Waals surface area contributed by atoms with Crippen molar-refractivity contribution in [2.75, 3.05) is 13.6 Å². The van der Waals surface area contributed by atoms with Gasteiger partial charge in [-0.3, -0.25) is 19.3 Å². The zero-order chi connectivity index (χ0) is 14.9. The lowest BCUT2D eigenvalue weighted by molar-refractivity contribution is -0.143. The molecule has 0 unspecified atom stereocenters. The molecule has 6 heteroatoms. The molecular weight excluding hydrogens is 324 g/mol. The van der Waals surface area contributed by atoms with Crippen LogP contribution >= 0.6 is 15.9 Å². The van der Waals surface area contributed by atoms with Crippen LogP contribution in [0.4, 0.5) is 0 Å². The Morgan fingerprint density at radius 3 is 2.50 bits per heavy atom. The van der Waals surface area contributed by atoms with Gasteiger partial charge in [-0.25, -0.2) is 0 Å². The minimum Gasteiger partial charge on any atom is -0.358 e. The second-order valence-electron chi connectivity index (χ2n) is 4.97. The predicted octanol–water partition coefficient (Wildman–Crippen LogP) is 1.21. The van der Waals surface area contributed by atoms with Crippen LogP contribution in [0.1, 0.15) is 18.9 Å². The van der Waals surface area contributed by atoms with Gasteiger partial charge in [0.2, 0.25) is 17.7 Å². The van der Waals surface area contributed by atoms with Gasteiger partial charge in [0, 0.05) is 17.9 Å². The van der Waals surface area contributed by atoms with Gasteiger partial charge >= 0.3 is 0 Å². The van der Waals surface area contributed by atoms with Gasteiger partial charge in [-0.2, -0.15) is 0 Å². The predicted molar refractivity (Wildman–Crippen MR) is 76.9 cm³/mol. The number of nitrogens with one attached hydrogen (secondary N) is 1. The van der Waals surface area contributed by atoms with Gasteiger partial charge < -0.3 is 5.32 Å². The lowest BCUT2D eigenvalue weighted by Gasteiger charge is -2.22. The van der Waals surface area contributed by atoms with Crippen molar-refractivity contribution < 1.29 is 14.4 Å². The summed E-state index contributed by atoms with van der Waals surface area (Å²) in [6.45, 7) is 1.51. The van der Waals surface area contributed by atoms with Crippen LogP contribution in [0.25, 0.3) is 0 Å². The molecule has 1 aliphatic rings. The molecule has 1 fully saturated rings. The molecule has 0 aliphatic carbocycles. The Kier molecular flexibility index (Phi) is 3.94. The van der Waals surface area contributed by atoms with Crippen LogP contribution in [0.5, 0.6) is 0 Å².